The number of amides is 2. The molecule has 2 aliphatic heterocycles. The number of imide groups is 1. The van der Waals surface area contributed by atoms with Gasteiger partial charge in [0.05, 0.1) is 7.11 Å². The normalized spacial score (nSPS) is 32.0. The maximum Gasteiger partial charge on any atom is 0.419 e. The smallest absolute Gasteiger partial charge is 0.419 e. The fourth-order valence-corrected chi connectivity index (χ4v) is 2.19. The van der Waals surface area contributed by atoms with Crippen LogP contribution in [0.2, 0.25) is 0 Å². The molecule has 7 nitrogen and oxygen atoms in total. The second-order valence-electron chi connectivity index (χ2n) is 4.43. The molecule has 8 heteroatoms. The lowest BCUT2D eigenvalue weighted by atomic mass is 9.91. The van der Waals surface area contributed by atoms with Crippen molar-refractivity contribution in [1.82, 2.24) is 4.90 Å². The van der Waals surface area contributed by atoms with Crippen LogP contribution >= 0.6 is 11.6 Å². The number of methoxy groups -OCH3 is 1. The third kappa shape index (κ3) is 2.32. The highest BCUT2D eigenvalue weighted by atomic mass is 35.5. The Labute approximate surface area is 120 Å². The van der Waals surface area contributed by atoms with E-state index in [1.54, 1.807) is 0 Å². The summed E-state index contributed by atoms with van der Waals surface area (Å²) in [5.74, 6) is 1.14. The monoisotopic (exact) mass is 301 g/mol. The Morgan fingerprint density at radius 3 is 2.90 bits per heavy atom. The van der Waals surface area contributed by atoms with Crippen LogP contribution in [0.1, 0.15) is 13.3 Å². The predicted octanol–water partition coefficient (Wildman–Crippen LogP) is 0.254. The van der Waals surface area contributed by atoms with Crippen molar-refractivity contribution in [1.29, 1.82) is 0 Å². The van der Waals surface area contributed by atoms with E-state index in [4.69, 9.17) is 21.1 Å². The fraction of sp³-hybridized carbons (Fsp3) is 0.583. The number of ether oxygens (including phenoxy) is 3. The van der Waals surface area contributed by atoms with Crippen LogP contribution < -0.4 is 0 Å². The first kappa shape index (κ1) is 14.6. The van der Waals surface area contributed by atoms with E-state index in [-0.39, 0.29) is 18.1 Å². The second-order valence-corrected chi connectivity index (χ2v) is 4.69. The molecule has 0 spiro atoms. The quantitative estimate of drug-likeness (QED) is 0.510. The van der Waals surface area contributed by atoms with Gasteiger partial charge < -0.3 is 14.2 Å². The van der Waals surface area contributed by atoms with E-state index in [0.717, 1.165) is 4.90 Å². The SMILES string of the molecule is COC#C[C@@]1(C)O[C@@H]2OC(=O)N(C(=O)CCl)[C@@H]2CC1=O. The van der Waals surface area contributed by atoms with Crippen molar-refractivity contribution >= 4 is 29.4 Å². The molecule has 0 aromatic rings. The summed E-state index contributed by atoms with van der Waals surface area (Å²) < 4.78 is 15.0. The summed E-state index contributed by atoms with van der Waals surface area (Å²) in [6.07, 6.45) is 0.273. The second kappa shape index (κ2) is 5.31. The molecule has 0 N–H and O–H groups in total. The molecule has 0 aromatic heterocycles. The fourth-order valence-electron chi connectivity index (χ4n) is 2.06. The lowest BCUT2D eigenvalue weighted by Crippen LogP contribution is -2.54. The molecule has 2 rings (SSSR count). The Kier molecular flexibility index (Phi) is 3.88. The van der Waals surface area contributed by atoms with E-state index in [1.165, 1.54) is 14.0 Å². The molecule has 0 radical (unpaired) electrons. The average molecular weight is 302 g/mol. The van der Waals surface area contributed by atoms with E-state index in [2.05, 4.69) is 16.8 Å². The number of alkyl halides is 1. The summed E-state index contributed by atoms with van der Waals surface area (Å²) in [6.45, 7) is 1.46. The third-order valence-corrected chi connectivity index (χ3v) is 3.34. The van der Waals surface area contributed by atoms with Gasteiger partial charge in [-0.2, -0.15) is 0 Å². The minimum atomic E-state index is -1.43. The predicted molar refractivity (Wildman–Crippen MR) is 65.5 cm³/mol. The Morgan fingerprint density at radius 1 is 1.60 bits per heavy atom. The number of rotatable bonds is 1. The highest BCUT2D eigenvalue weighted by Crippen LogP contribution is 2.34. The number of nitrogens with zero attached hydrogens (tertiary/aromatic N) is 1. The van der Waals surface area contributed by atoms with Gasteiger partial charge in [0.25, 0.3) is 0 Å². The number of Topliss-reactive ketones (excluding diaryl/α,β-unsaturated/α-hetero) is 1. The molecule has 2 amide bonds. The van der Waals surface area contributed by atoms with Crippen LogP contribution in [0.15, 0.2) is 0 Å². The van der Waals surface area contributed by atoms with Gasteiger partial charge in [-0.1, -0.05) is 0 Å². The van der Waals surface area contributed by atoms with Crippen LogP contribution in [-0.4, -0.2) is 53.6 Å². The molecular formula is C12H12ClNO6. The number of halogens is 1. The van der Waals surface area contributed by atoms with Gasteiger partial charge in [-0.25, -0.2) is 9.69 Å². The molecular weight excluding hydrogens is 290 g/mol. The Bertz CT molecular complexity index is 524. The van der Waals surface area contributed by atoms with Crippen LogP contribution in [0.5, 0.6) is 0 Å². The molecule has 2 aliphatic rings. The van der Waals surface area contributed by atoms with E-state index < -0.39 is 29.9 Å². The summed E-state index contributed by atoms with van der Waals surface area (Å²) in [5.41, 5.74) is -1.43. The van der Waals surface area contributed by atoms with Gasteiger partial charge in [0, 0.05) is 6.42 Å². The number of carbonyl (C=O) groups is 3. The van der Waals surface area contributed by atoms with Crippen molar-refractivity contribution < 1.29 is 28.6 Å². The molecule has 2 saturated heterocycles. The van der Waals surface area contributed by atoms with E-state index in [1.807, 2.05) is 0 Å². The zero-order valence-corrected chi connectivity index (χ0v) is 11.6. The average Bonchev–Trinajstić information content (AvgIpc) is 2.71. The van der Waals surface area contributed by atoms with Gasteiger partial charge in [-0.15, -0.1) is 11.6 Å². The topological polar surface area (TPSA) is 82.1 Å². The molecule has 2 fully saturated rings. The first-order chi connectivity index (χ1) is 9.42. The number of hydrogen-bond donors (Lipinski definition) is 0. The number of carbonyl (C=O) groups excluding carboxylic acids is 3. The minimum absolute atomic E-state index is 0.103. The lowest BCUT2D eigenvalue weighted by Gasteiger charge is -2.34. The maximum absolute atomic E-state index is 12.1. The Balaban J connectivity index is 2.24. The molecule has 108 valence electrons. The lowest BCUT2D eigenvalue weighted by molar-refractivity contribution is -0.187. The highest BCUT2D eigenvalue weighted by molar-refractivity contribution is 6.28. The molecule has 20 heavy (non-hydrogen) atoms. The van der Waals surface area contributed by atoms with Gasteiger partial charge in [-0.05, 0) is 12.8 Å². The van der Waals surface area contributed by atoms with Crippen molar-refractivity contribution in [3.8, 4) is 12.0 Å². The molecule has 0 bridgehead atoms. The first-order valence-electron chi connectivity index (χ1n) is 5.78. The standard InChI is InChI=1S/C12H12ClNO6/c1-12(3-4-18-2)8(15)5-7-10(20-12)19-11(17)14(7)9(16)6-13/h7,10H,5-6H2,1-2H3/t7-,10+,12-/m1/s1. The van der Waals surface area contributed by atoms with Gasteiger partial charge in [0.2, 0.25) is 12.2 Å². The summed E-state index contributed by atoms with van der Waals surface area (Å²) in [4.78, 5) is 36.2. The van der Waals surface area contributed by atoms with Gasteiger partial charge >= 0.3 is 6.09 Å². The van der Waals surface area contributed by atoms with Crippen molar-refractivity contribution in [2.45, 2.75) is 31.3 Å². The third-order valence-electron chi connectivity index (χ3n) is 3.11. The maximum atomic E-state index is 12.1. The van der Waals surface area contributed by atoms with E-state index in [0.29, 0.717) is 0 Å². The van der Waals surface area contributed by atoms with Crippen LogP contribution in [0, 0.1) is 12.0 Å². The zero-order chi connectivity index (χ0) is 14.9. The van der Waals surface area contributed by atoms with Gasteiger partial charge in [0.1, 0.15) is 18.0 Å². The Morgan fingerprint density at radius 2 is 2.30 bits per heavy atom. The van der Waals surface area contributed by atoms with Crippen LogP contribution in [0.4, 0.5) is 4.79 Å². The van der Waals surface area contributed by atoms with E-state index >= 15 is 0 Å². The summed E-state index contributed by atoms with van der Waals surface area (Å²) in [7, 11) is 1.35. The van der Waals surface area contributed by atoms with Gasteiger partial charge in [0.15, 0.2) is 11.4 Å². The largest absolute Gasteiger partial charge is 0.450 e. The molecule has 0 aliphatic carbocycles. The van der Waals surface area contributed by atoms with Crippen molar-refractivity contribution in [2.24, 2.45) is 0 Å². The number of fused-ring (bicyclic) bond motifs is 1. The summed E-state index contributed by atoms with van der Waals surface area (Å²) in [6, 6.07) is -0.807. The van der Waals surface area contributed by atoms with Gasteiger partial charge in [-0.3, -0.25) is 9.59 Å². The summed E-state index contributed by atoms with van der Waals surface area (Å²) in [5, 5.41) is 0. The minimum Gasteiger partial charge on any atom is -0.450 e. The molecule has 0 unspecified atom stereocenters. The number of ketones is 1. The van der Waals surface area contributed by atoms with Crippen LogP contribution in [-0.2, 0) is 23.8 Å². The molecule has 0 saturated carbocycles. The molecule has 3 atom stereocenters. The molecule has 0 aromatic carbocycles. The van der Waals surface area contributed by atoms with Crippen molar-refractivity contribution in [3.63, 3.8) is 0 Å². The van der Waals surface area contributed by atoms with Crippen LogP contribution in [0.25, 0.3) is 0 Å². The van der Waals surface area contributed by atoms with E-state index in [9.17, 15) is 14.4 Å². The zero-order valence-electron chi connectivity index (χ0n) is 10.8. The van der Waals surface area contributed by atoms with Crippen molar-refractivity contribution in [3.05, 3.63) is 0 Å². The Hall–Kier alpha value is -1.78. The first-order valence-corrected chi connectivity index (χ1v) is 6.31. The molecule has 2 heterocycles. The van der Waals surface area contributed by atoms with Crippen molar-refractivity contribution in [2.75, 3.05) is 13.0 Å². The summed E-state index contributed by atoms with van der Waals surface area (Å²) >= 11 is 5.43. The number of hydrogen-bond acceptors (Lipinski definition) is 6. The highest BCUT2D eigenvalue weighted by Gasteiger charge is 2.55. The van der Waals surface area contributed by atoms with Crippen LogP contribution in [0.3, 0.4) is 0 Å².